The third kappa shape index (κ3) is 4.28. The van der Waals surface area contributed by atoms with Crippen molar-refractivity contribution in [3.63, 3.8) is 0 Å². The second-order valence-electron chi connectivity index (χ2n) is 7.46. The Bertz CT molecular complexity index is 784. The Morgan fingerprint density at radius 2 is 1.32 bits per heavy atom. The molecule has 0 N–H and O–H groups in total. The van der Waals surface area contributed by atoms with Gasteiger partial charge in [-0.3, -0.25) is 4.90 Å². The summed E-state index contributed by atoms with van der Waals surface area (Å²) in [6.07, 6.45) is 0. The van der Waals surface area contributed by atoms with Gasteiger partial charge in [-0.05, 0) is 17.7 Å². The second kappa shape index (κ2) is 8.61. The molecule has 6 heteroatoms. The molecule has 2 heterocycles. The van der Waals surface area contributed by atoms with Gasteiger partial charge in [0.25, 0.3) is 0 Å². The summed E-state index contributed by atoms with van der Waals surface area (Å²) >= 11 is 0. The van der Waals surface area contributed by atoms with Crippen molar-refractivity contribution >= 4 is 11.7 Å². The molecule has 148 valence electrons. The zero-order valence-corrected chi connectivity index (χ0v) is 16.1. The zero-order valence-electron chi connectivity index (χ0n) is 16.1. The summed E-state index contributed by atoms with van der Waals surface area (Å²) in [4.78, 5) is 21.2. The first-order chi connectivity index (χ1) is 13.7. The molecule has 4 rings (SSSR count). The summed E-state index contributed by atoms with van der Waals surface area (Å²) < 4.78 is 14.0. The van der Waals surface area contributed by atoms with E-state index in [0.717, 1.165) is 32.7 Å². The number of hydrogen-bond donors (Lipinski definition) is 0. The maximum Gasteiger partial charge on any atom is 0.320 e. The van der Waals surface area contributed by atoms with Crippen LogP contribution in [0.25, 0.3) is 0 Å². The number of piperazine rings is 2. The molecule has 28 heavy (non-hydrogen) atoms. The number of rotatable bonds is 3. The molecule has 2 aromatic carbocycles. The lowest BCUT2D eigenvalue weighted by atomic mass is 10.2. The lowest BCUT2D eigenvalue weighted by molar-refractivity contribution is 0.108. The summed E-state index contributed by atoms with van der Waals surface area (Å²) in [5.74, 6) is -0.197. The molecule has 2 saturated heterocycles. The molecule has 2 amide bonds. The van der Waals surface area contributed by atoms with E-state index >= 15 is 0 Å². The van der Waals surface area contributed by atoms with E-state index in [2.05, 4.69) is 29.2 Å². The van der Waals surface area contributed by atoms with E-state index in [1.54, 1.807) is 12.1 Å². The number of urea groups is 1. The molecule has 0 unspecified atom stereocenters. The minimum atomic E-state index is -0.197. The van der Waals surface area contributed by atoms with Gasteiger partial charge < -0.3 is 14.7 Å². The van der Waals surface area contributed by atoms with Crippen molar-refractivity contribution in [3.8, 4) is 0 Å². The molecule has 5 nitrogen and oxygen atoms in total. The Hall–Kier alpha value is -2.60. The van der Waals surface area contributed by atoms with Gasteiger partial charge in [-0.2, -0.15) is 0 Å². The number of halogens is 1. The molecule has 0 bridgehead atoms. The average molecular weight is 382 g/mol. The lowest BCUT2D eigenvalue weighted by Crippen LogP contribution is -2.56. The van der Waals surface area contributed by atoms with E-state index < -0.39 is 0 Å². The Balaban J connectivity index is 1.25. The fourth-order valence-corrected chi connectivity index (χ4v) is 3.99. The third-order valence-electron chi connectivity index (χ3n) is 5.64. The van der Waals surface area contributed by atoms with Crippen LogP contribution < -0.4 is 4.90 Å². The Kier molecular flexibility index (Phi) is 5.76. The number of anilines is 1. The van der Waals surface area contributed by atoms with Gasteiger partial charge in [0.2, 0.25) is 0 Å². The van der Waals surface area contributed by atoms with Crippen molar-refractivity contribution < 1.29 is 9.18 Å². The van der Waals surface area contributed by atoms with E-state index in [0.29, 0.717) is 31.9 Å². The highest BCUT2D eigenvalue weighted by atomic mass is 19.1. The van der Waals surface area contributed by atoms with Crippen molar-refractivity contribution in [3.05, 3.63) is 66.0 Å². The average Bonchev–Trinajstić information content (AvgIpc) is 2.75. The van der Waals surface area contributed by atoms with Crippen LogP contribution in [0.1, 0.15) is 5.56 Å². The first kappa shape index (κ1) is 18.7. The van der Waals surface area contributed by atoms with Crippen LogP contribution >= 0.6 is 0 Å². The van der Waals surface area contributed by atoms with Crippen LogP contribution in [0.2, 0.25) is 0 Å². The summed E-state index contributed by atoms with van der Waals surface area (Å²) in [6.45, 7) is 6.87. The quantitative estimate of drug-likeness (QED) is 0.818. The number of carbonyl (C=O) groups excluding carboxylic acids is 1. The summed E-state index contributed by atoms with van der Waals surface area (Å²) in [6, 6.07) is 17.4. The van der Waals surface area contributed by atoms with Crippen molar-refractivity contribution in [1.82, 2.24) is 14.7 Å². The van der Waals surface area contributed by atoms with Crippen LogP contribution in [0.15, 0.2) is 54.6 Å². The molecule has 2 fully saturated rings. The van der Waals surface area contributed by atoms with Crippen LogP contribution in [0, 0.1) is 5.82 Å². The van der Waals surface area contributed by atoms with Crippen LogP contribution in [-0.2, 0) is 6.54 Å². The van der Waals surface area contributed by atoms with E-state index in [1.165, 1.54) is 11.6 Å². The molecule has 2 aliphatic rings. The van der Waals surface area contributed by atoms with Crippen LogP contribution in [0.3, 0.4) is 0 Å². The highest BCUT2D eigenvalue weighted by molar-refractivity contribution is 5.75. The number of carbonyl (C=O) groups is 1. The topological polar surface area (TPSA) is 30.0 Å². The Labute approximate surface area is 165 Å². The number of nitrogens with zero attached hydrogens (tertiary/aromatic N) is 4. The molecular weight excluding hydrogens is 355 g/mol. The van der Waals surface area contributed by atoms with Gasteiger partial charge in [-0.15, -0.1) is 0 Å². The molecule has 2 aliphatic heterocycles. The molecule has 0 atom stereocenters. The molecule has 0 saturated carbocycles. The van der Waals surface area contributed by atoms with Crippen molar-refractivity contribution in [2.24, 2.45) is 0 Å². The molecule has 2 aromatic rings. The fraction of sp³-hybridized carbons (Fsp3) is 0.409. The highest BCUT2D eigenvalue weighted by Crippen LogP contribution is 2.20. The first-order valence-corrected chi connectivity index (χ1v) is 10.0. The smallest absolute Gasteiger partial charge is 0.320 e. The number of amides is 2. The standard InChI is InChI=1S/C22H27FN4O/c23-20-8-4-5-9-21(20)25-14-16-27(17-15-25)22(28)26-12-10-24(11-13-26)18-19-6-2-1-3-7-19/h1-9H,10-18H2. The minimum absolute atomic E-state index is 0.118. The molecule has 0 aliphatic carbocycles. The van der Waals surface area contributed by atoms with E-state index in [1.807, 2.05) is 26.8 Å². The van der Waals surface area contributed by atoms with Gasteiger partial charge >= 0.3 is 6.03 Å². The molecule has 0 aromatic heterocycles. The maximum atomic E-state index is 14.0. The Morgan fingerprint density at radius 1 is 0.750 bits per heavy atom. The van der Waals surface area contributed by atoms with Crippen LogP contribution in [-0.4, -0.2) is 73.1 Å². The normalized spacial score (nSPS) is 18.4. The van der Waals surface area contributed by atoms with Gasteiger partial charge in [-0.1, -0.05) is 42.5 Å². The second-order valence-corrected chi connectivity index (χ2v) is 7.46. The summed E-state index contributed by atoms with van der Waals surface area (Å²) in [5.41, 5.74) is 1.94. The predicted molar refractivity (Wildman–Crippen MR) is 109 cm³/mol. The van der Waals surface area contributed by atoms with Gasteiger partial charge in [0.15, 0.2) is 0 Å². The number of benzene rings is 2. The molecule has 0 spiro atoms. The zero-order chi connectivity index (χ0) is 19.3. The summed E-state index contributed by atoms with van der Waals surface area (Å²) in [5, 5.41) is 0. The van der Waals surface area contributed by atoms with E-state index in [4.69, 9.17) is 0 Å². The SMILES string of the molecule is O=C(N1CCN(Cc2ccccc2)CC1)N1CCN(c2ccccc2F)CC1. The monoisotopic (exact) mass is 382 g/mol. The molecule has 0 radical (unpaired) electrons. The number of para-hydroxylation sites is 1. The van der Waals surface area contributed by atoms with Crippen LogP contribution in [0.4, 0.5) is 14.9 Å². The highest BCUT2D eigenvalue weighted by Gasteiger charge is 2.28. The minimum Gasteiger partial charge on any atom is -0.366 e. The first-order valence-electron chi connectivity index (χ1n) is 10.0. The van der Waals surface area contributed by atoms with Gasteiger partial charge in [-0.25, -0.2) is 9.18 Å². The Morgan fingerprint density at radius 3 is 1.96 bits per heavy atom. The maximum absolute atomic E-state index is 14.0. The molecular formula is C22H27FN4O. The van der Waals surface area contributed by atoms with E-state index in [9.17, 15) is 9.18 Å². The fourth-order valence-electron chi connectivity index (χ4n) is 3.99. The lowest BCUT2D eigenvalue weighted by Gasteiger charge is -2.41. The van der Waals surface area contributed by atoms with Crippen molar-refractivity contribution in [2.75, 3.05) is 57.3 Å². The summed E-state index contributed by atoms with van der Waals surface area (Å²) in [7, 11) is 0. The van der Waals surface area contributed by atoms with Gasteiger partial charge in [0.1, 0.15) is 5.82 Å². The predicted octanol–water partition coefficient (Wildman–Crippen LogP) is 2.89. The number of hydrogen-bond acceptors (Lipinski definition) is 3. The van der Waals surface area contributed by atoms with Crippen molar-refractivity contribution in [1.29, 1.82) is 0 Å². The third-order valence-corrected chi connectivity index (χ3v) is 5.64. The largest absolute Gasteiger partial charge is 0.366 e. The van der Waals surface area contributed by atoms with E-state index in [-0.39, 0.29) is 11.8 Å². The van der Waals surface area contributed by atoms with Gasteiger partial charge in [0.05, 0.1) is 5.69 Å². The van der Waals surface area contributed by atoms with Crippen LogP contribution in [0.5, 0.6) is 0 Å². The van der Waals surface area contributed by atoms with Crippen molar-refractivity contribution in [2.45, 2.75) is 6.54 Å². The van der Waals surface area contributed by atoms with Gasteiger partial charge in [0, 0.05) is 58.9 Å².